The molecule has 0 bridgehead atoms. The molecule has 21 heavy (non-hydrogen) atoms. The van der Waals surface area contributed by atoms with Crippen LogP contribution in [0.15, 0.2) is 24.3 Å². The van der Waals surface area contributed by atoms with Crippen molar-refractivity contribution in [3.05, 3.63) is 29.8 Å². The lowest BCUT2D eigenvalue weighted by molar-refractivity contribution is -0.122. The smallest absolute Gasteiger partial charge is 0.421 e. The van der Waals surface area contributed by atoms with E-state index in [9.17, 15) is 9.59 Å². The summed E-state index contributed by atoms with van der Waals surface area (Å²) < 4.78 is 5.40. The average Bonchev–Trinajstić information content (AvgIpc) is 2.95. The quantitative estimate of drug-likeness (QED) is 0.795. The van der Waals surface area contributed by atoms with Crippen LogP contribution >= 0.6 is 0 Å². The maximum Gasteiger partial charge on any atom is 0.421 e. The molecule has 1 N–H and O–H groups in total. The normalized spacial score (nSPS) is 24.5. The largest absolute Gasteiger partial charge is 0.443 e. The Hall–Kier alpha value is -1.88. The SMILES string of the molecule is CC(C)(C)OC(=O)N1C(=O)C2(CCNC2)c2ccccc21. The maximum absolute atomic E-state index is 12.9. The number of para-hydroxylation sites is 1. The number of amides is 2. The van der Waals surface area contributed by atoms with E-state index in [1.807, 2.05) is 24.3 Å². The number of carbonyl (C=O) groups is 2. The Balaban J connectivity index is 2.03. The van der Waals surface area contributed by atoms with E-state index in [1.165, 1.54) is 4.90 Å². The van der Waals surface area contributed by atoms with E-state index in [1.54, 1.807) is 20.8 Å². The summed E-state index contributed by atoms with van der Waals surface area (Å²) in [6, 6.07) is 7.49. The van der Waals surface area contributed by atoms with Crippen molar-refractivity contribution in [3.8, 4) is 0 Å². The van der Waals surface area contributed by atoms with Gasteiger partial charge in [0.05, 0.1) is 11.1 Å². The van der Waals surface area contributed by atoms with Gasteiger partial charge in [-0.1, -0.05) is 18.2 Å². The molecule has 2 aliphatic heterocycles. The molecule has 2 amide bonds. The van der Waals surface area contributed by atoms with E-state index < -0.39 is 17.1 Å². The minimum absolute atomic E-state index is 0.178. The summed E-state index contributed by atoms with van der Waals surface area (Å²) in [4.78, 5) is 26.5. The molecule has 2 heterocycles. The summed E-state index contributed by atoms with van der Waals surface area (Å²) in [7, 11) is 0. The first-order chi connectivity index (χ1) is 9.85. The van der Waals surface area contributed by atoms with Crippen LogP contribution in [0.1, 0.15) is 32.8 Å². The average molecular weight is 288 g/mol. The van der Waals surface area contributed by atoms with Crippen LogP contribution < -0.4 is 10.2 Å². The fraction of sp³-hybridized carbons (Fsp3) is 0.500. The van der Waals surface area contributed by atoms with Crippen LogP contribution in [0.5, 0.6) is 0 Å². The van der Waals surface area contributed by atoms with Gasteiger partial charge in [-0.2, -0.15) is 0 Å². The first kappa shape index (κ1) is 14.1. The van der Waals surface area contributed by atoms with Crippen molar-refractivity contribution in [2.45, 2.75) is 38.2 Å². The number of rotatable bonds is 0. The van der Waals surface area contributed by atoms with Gasteiger partial charge in [0.1, 0.15) is 5.60 Å². The van der Waals surface area contributed by atoms with E-state index >= 15 is 0 Å². The number of ether oxygens (including phenoxy) is 1. The van der Waals surface area contributed by atoms with Crippen molar-refractivity contribution in [2.75, 3.05) is 18.0 Å². The van der Waals surface area contributed by atoms with Gasteiger partial charge in [-0.3, -0.25) is 4.79 Å². The highest BCUT2D eigenvalue weighted by molar-refractivity contribution is 6.21. The number of benzene rings is 1. The molecule has 1 spiro atoms. The third kappa shape index (κ3) is 2.12. The number of imide groups is 1. The van der Waals surface area contributed by atoms with E-state index in [0.717, 1.165) is 12.1 Å². The van der Waals surface area contributed by atoms with Gasteiger partial charge >= 0.3 is 6.09 Å². The van der Waals surface area contributed by atoms with Crippen molar-refractivity contribution in [2.24, 2.45) is 0 Å². The van der Waals surface area contributed by atoms with Crippen LogP contribution in [0.3, 0.4) is 0 Å². The molecule has 1 unspecified atom stereocenters. The van der Waals surface area contributed by atoms with Gasteiger partial charge in [0.2, 0.25) is 5.91 Å². The Morgan fingerprint density at radius 1 is 1.33 bits per heavy atom. The third-order valence-electron chi connectivity index (χ3n) is 4.00. The molecule has 1 aromatic rings. The number of nitrogens with one attached hydrogen (secondary N) is 1. The second-order valence-corrected chi connectivity index (χ2v) is 6.65. The molecule has 112 valence electrons. The highest BCUT2D eigenvalue weighted by atomic mass is 16.6. The molecule has 0 saturated carbocycles. The summed E-state index contributed by atoms with van der Waals surface area (Å²) in [6.45, 7) is 6.74. The zero-order chi connectivity index (χ0) is 15.3. The number of fused-ring (bicyclic) bond motifs is 2. The second kappa shape index (κ2) is 4.56. The van der Waals surface area contributed by atoms with Gasteiger partial charge < -0.3 is 10.1 Å². The Kier molecular flexibility index (Phi) is 3.06. The molecule has 2 aliphatic rings. The summed E-state index contributed by atoms with van der Waals surface area (Å²) in [5, 5.41) is 3.23. The Labute approximate surface area is 124 Å². The molecule has 5 heteroatoms. The highest BCUT2D eigenvalue weighted by Gasteiger charge is 2.54. The van der Waals surface area contributed by atoms with Crippen molar-refractivity contribution >= 4 is 17.7 Å². The van der Waals surface area contributed by atoms with E-state index in [-0.39, 0.29) is 5.91 Å². The fourth-order valence-corrected chi connectivity index (χ4v) is 3.11. The van der Waals surface area contributed by atoms with Crippen molar-refractivity contribution in [1.82, 2.24) is 5.32 Å². The van der Waals surface area contributed by atoms with Crippen LogP contribution in [-0.4, -0.2) is 30.7 Å². The first-order valence-corrected chi connectivity index (χ1v) is 7.23. The van der Waals surface area contributed by atoms with Gasteiger partial charge in [0.15, 0.2) is 0 Å². The maximum atomic E-state index is 12.9. The molecule has 0 radical (unpaired) electrons. The second-order valence-electron chi connectivity index (χ2n) is 6.65. The Bertz CT molecular complexity index is 598. The number of carbonyl (C=O) groups excluding carboxylic acids is 2. The predicted molar refractivity (Wildman–Crippen MR) is 79.3 cm³/mol. The first-order valence-electron chi connectivity index (χ1n) is 7.23. The molecule has 5 nitrogen and oxygen atoms in total. The molecule has 1 aromatic carbocycles. The van der Waals surface area contributed by atoms with Gasteiger partial charge in [0, 0.05) is 6.54 Å². The fourth-order valence-electron chi connectivity index (χ4n) is 3.11. The topological polar surface area (TPSA) is 58.6 Å². The number of anilines is 1. The van der Waals surface area contributed by atoms with Crippen molar-refractivity contribution < 1.29 is 14.3 Å². The van der Waals surface area contributed by atoms with Crippen LogP contribution in [0.2, 0.25) is 0 Å². The summed E-state index contributed by atoms with van der Waals surface area (Å²) in [6.07, 6.45) is 0.117. The Morgan fingerprint density at radius 2 is 2.05 bits per heavy atom. The van der Waals surface area contributed by atoms with Gasteiger partial charge in [0.25, 0.3) is 0 Å². The monoisotopic (exact) mass is 288 g/mol. The van der Waals surface area contributed by atoms with Crippen LogP contribution in [0.4, 0.5) is 10.5 Å². The van der Waals surface area contributed by atoms with E-state index in [0.29, 0.717) is 18.7 Å². The van der Waals surface area contributed by atoms with Gasteiger partial charge in [-0.25, -0.2) is 9.69 Å². The third-order valence-corrected chi connectivity index (χ3v) is 4.00. The van der Waals surface area contributed by atoms with Crippen LogP contribution in [0, 0.1) is 0 Å². The molecule has 1 fully saturated rings. The predicted octanol–water partition coefficient (Wildman–Crippen LogP) is 2.20. The molecule has 1 atom stereocenters. The zero-order valence-corrected chi connectivity index (χ0v) is 12.6. The van der Waals surface area contributed by atoms with Crippen LogP contribution in [0.25, 0.3) is 0 Å². The summed E-state index contributed by atoms with van der Waals surface area (Å²) in [5.74, 6) is -0.178. The van der Waals surface area contributed by atoms with Gasteiger partial charge in [-0.05, 0) is 45.4 Å². The van der Waals surface area contributed by atoms with E-state index in [4.69, 9.17) is 4.74 Å². The van der Waals surface area contributed by atoms with Crippen molar-refractivity contribution in [1.29, 1.82) is 0 Å². The highest BCUT2D eigenvalue weighted by Crippen LogP contribution is 2.45. The van der Waals surface area contributed by atoms with Gasteiger partial charge in [-0.15, -0.1) is 0 Å². The standard InChI is InChI=1S/C16H20N2O3/c1-15(2,3)21-14(20)18-12-7-5-4-6-11(12)16(13(18)19)8-9-17-10-16/h4-7,17H,8-10H2,1-3H3. The molecule has 0 aromatic heterocycles. The summed E-state index contributed by atoms with van der Waals surface area (Å²) in [5.41, 5.74) is 0.329. The van der Waals surface area contributed by atoms with Crippen molar-refractivity contribution in [3.63, 3.8) is 0 Å². The minimum atomic E-state index is -0.629. The molecule has 3 rings (SSSR count). The lowest BCUT2D eigenvalue weighted by Crippen LogP contribution is -2.46. The molecular weight excluding hydrogens is 268 g/mol. The van der Waals surface area contributed by atoms with E-state index in [2.05, 4.69) is 5.32 Å². The molecule has 1 saturated heterocycles. The molecule has 0 aliphatic carbocycles. The summed E-state index contributed by atoms with van der Waals surface area (Å²) >= 11 is 0. The Morgan fingerprint density at radius 3 is 2.67 bits per heavy atom. The lowest BCUT2D eigenvalue weighted by atomic mass is 9.81. The lowest BCUT2D eigenvalue weighted by Gasteiger charge is -2.25. The van der Waals surface area contributed by atoms with Crippen LogP contribution in [-0.2, 0) is 14.9 Å². The number of hydrogen-bond acceptors (Lipinski definition) is 4. The minimum Gasteiger partial charge on any atom is -0.443 e. The number of hydrogen-bond donors (Lipinski definition) is 1. The zero-order valence-electron chi connectivity index (χ0n) is 12.6. The number of nitrogens with zero attached hydrogens (tertiary/aromatic N) is 1. The molecular formula is C16H20N2O3.